The lowest BCUT2D eigenvalue weighted by atomic mass is 10.2. The molecule has 0 fully saturated rings. The smallest absolute Gasteiger partial charge is 0.326 e. The van der Waals surface area contributed by atoms with Crippen LogP contribution in [-0.4, -0.2) is 22.0 Å². The number of amides is 1. The molecule has 0 aliphatic rings. The SMILES string of the molecule is O=C(NCCn1c(=O)[nH]c2ccccc21)c1ccccc1. The molecule has 0 saturated carbocycles. The zero-order chi connectivity index (χ0) is 14.7. The molecule has 0 aliphatic carbocycles. The summed E-state index contributed by atoms with van der Waals surface area (Å²) >= 11 is 0. The third kappa shape index (κ3) is 2.72. The number of para-hydroxylation sites is 2. The van der Waals surface area contributed by atoms with Crippen molar-refractivity contribution in [3.63, 3.8) is 0 Å². The minimum atomic E-state index is -0.162. The Labute approximate surface area is 121 Å². The second kappa shape index (κ2) is 5.66. The van der Waals surface area contributed by atoms with Crippen molar-refractivity contribution >= 4 is 16.9 Å². The fourth-order valence-electron chi connectivity index (χ4n) is 2.30. The summed E-state index contributed by atoms with van der Waals surface area (Å²) in [5, 5.41) is 2.82. The average molecular weight is 281 g/mol. The van der Waals surface area contributed by atoms with Gasteiger partial charge in [0.05, 0.1) is 11.0 Å². The molecule has 21 heavy (non-hydrogen) atoms. The van der Waals surface area contributed by atoms with Gasteiger partial charge in [0, 0.05) is 18.7 Å². The predicted octanol–water partition coefficient (Wildman–Crippen LogP) is 1.76. The second-order valence-electron chi connectivity index (χ2n) is 4.72. The highest BCUT2D eigenvalue weighted by molar-refractivity contribution is 5.94. The summed E-state index contributed by atoms with van der Waals surface area (Å²) in [7, 11) is 0. The van der Waals surface area contributed by atoms with Crippen LogP contribution in [0.4, 0.5) is 0 Å². The van der Waals surface area contributed by atoms with Crippen molar-refractivity contribution < 1.29 is 4.79 Å². The highest BCUT2D eigenvalue weighted by atomic mass is 16.2. The molecule has 1 heterocycles. The van der Waals surface area contributed by atoms with Gasteiger partial charge in [-0.15, -0.1) is 0 Å². The van der Waals surface area contributed by atoms with Gasteiger partial charge >= 0.3 is 5.69 Å². The van der Waals surface area contributed by atoms with E-state index in [0.717, 1.165) is 11.0 Å². The maximum Gasteiger partial charge on any atom is 0.326 e. The quantitative estimate of drug-likeness (QED) is 0.765. The first-order chi connectivity index (χ1) is 10.3. The van der Waals surface area contributed by atoms with Crippen LogP contribution in [0.25, 0.3) is 11.0 Å². The van der Waals surface area contributed by atoms with Gasteiger partial charge in [0.2, 0.25) is 0 Å². The first-order valence-corrected chi connectivity index (χ1v) is 6.76. The van der Waals surface area contributed by atoms with E-state index < -0.39 is 0 Å². The summed E-state index contributed by atoms with van der Waals surface area (Å²) in [6.07, 6.45) is 0. The summed E-state index contributed by atoms with van der Waals surface area (Å²) in [6, 6.07) is 16.5. The molecule has 2 aromatic carbocycles. The van der Waals surface area contributed by atoms with Gasteiger partial charge in [-0.3, -0.25) is 9.36 Å². The highest BCUT2D eigenvalue weighted by Crippen LogP contribution is 2.08. The minimum absolute atomic E-state index is 0.136. The van der Waals surface area contributed by atoms with Crippen molar-refractivity contribution in [2.24, 2.45) is 0 Å². The number of benzene rings is 2. The Morgan fingerprint density at radius 1 is 1.05 bits per heavy atom. The maximum atomic E-state index is 11.9. The van der Waals surface area contributed by atoms with Crippen LogP contribution in [0.5, 0.6) is 0 Å². The lowest BCUT2D eigenvalue weighted by Gasteiger charge is -2.06. The molecule has 0 bridgehead atoms. The van der Waals surface area contributed by atoms with Crippen molar-refractivity contribution in [1.82, 2.24) is 14.9 Å². The third-order valence-corrected chi connectivity index (χ3v) is 3.34. The number of hydrogen-bond acceptors (Lipinski definition) is 2. The maximum absolute atomic E-state index is 11.9. The molecule has 5 nitrogen and oxygen atoms in total. The summed E-state index contributed by atoms with van der Waals surface area (Å²) in [5.74, 6) is -0.136. The van der Waals surface area contributed by atoms with Crippen molar-refractivity contribution in [1.29, 1.82) is 0 Å². The van der Waals surface area contributed by atoms with Crippen molar-refractivity contribution in [2.75, 3.05) is 6.54 Å². The number of hydrogen-bond donors (Lipinski definition) is 2. The molecule has 0 radical (unpaired) electrons. The van der Waals surface area contributed by atoms with Crippen LogP contribution in [0.1, 0.15) is 10.4 Å². The van der Waals surface area contributed by atoms with Gasteiger partial charge in [-0.1, -0.05) is 30.3 Å². The molecule has 0 unspecified atom stereocenters. The standard InChI is InChI=1S/C16H15N3O2/c20-15(12-6-2-1-3-7-12)17-10-11-19-14-9-5-4-8-13(14)18-16(19)21/h1-9H,10-11H2,(H,17,20)(H,18,21). The zero-order valence-corrected chi connectivity index (χ0v) is 11.4. The normalized spacial score (nSPS) is 10.7. The van der Waals surface area contributed by atoms with E-state index in [1.165, 1.54) is 0 Å². The Kier molecular flexibility index (Phi) is 3.55. The summed E-state index contributed by atoms with van der Waals surface area (Å²) in [5.41, 5.74) is 2.10. The number of carbonyl (C=O) groups is 1. The number of H-pyrrole nitrogens is 1. The summed E-state index contributed by atoms with van der Waals surface area (Å²) < 4.78 is 1.63. The third-order valence-electron chi connectivity index (χ3n) is 3.34. The Hall–Kier alpha value is -2.82. The molecule has 0 spiro atoms. The van der Waals surface area contributed by atoms with E-state index in [1.54, 1.807) is 16.7 Å². The van der Waals surface area contributed by atoms with Gasteiger partial charge in [-0.2, -0.15) is 0 Å². The highest BCUT2D eigenvalue weighted by Gasteiger charge is 2.07. The van der Waals surface area contributed by atoms with E-state index >= 15 is 0 Å². The topological polar surface area (TPSA) is 66.9 Å². The van der Waals surface area contributed by atoms with Crippen LogP contribution in [0, 0.1) is 0 Å². The molecule has 1 aromatic heterocycles. The second-order valence-corrected chi connectivity index (χ2v) is 4.72. The molecule has 2 N–H and O–H groups in total. The van der Waals surface area contributed by atoms with Crippen LogP contribution in [-0.2, 0) is 6.54 Å². The number of nitrogens with zero attached hydrogens (tertiary/aromatic N) is 1. The van der Waals surface area contributed by atoms with Crippen LogP contribution in [0.2, 0.25) is 0 Å². The lowest BCUT2D eigenvalue weighted by Crippen LogP contribution is -2.29. The zero-order valence-electron chi connectivity index (χ0n) is 11.4. The first-order valence-electron chi connectivity index (χ1n) is 6.76. The van der Waals surface area contributed by atoms with E-state index in [1.807, 2.05) is 42.5 Å². The molecular weight excluding hydrogens is 266 g/mol. The summed E-state index contributed by atoms with van der Waals surface area (Å²) in [6.45, 7) is 0.830. The predicted molar refractivity (Wildman–Crippen MR) is 81.3 cm³/mol. The number of nitrogens with one attached hydrogen (secondary N) is 2. The van der Waals surface area contributed by atoms with Gasteiger partial charge in [-0.25, -0.2) is 4.79 Å². The number of aromatic nitrogens is 2. The van der Waals surface area contributed by atoms with E-state index in [0.29, 0.717) is 18.7 Å². The Morgan fingerprint density at radius 3 is 2.57 bits per heavy atom. The fourth-order valence-corrected chi connectivity index (χ4v) is 2.30. The van der Waals surface area contributed by atoms with Crippen molar-refractivity contribution in [3.8, 4) is 0 Å². The van der Waals surface area contributed by atoms with Gasteiger partial charge < -0.3 is 10.3 Å². The molecule has 0 saturated heterocycles. The Balaban J connectivity index is 1.69. The lowest BCUT2D eigenvalue weighted by molar-refractivity contribution is 0.0952. The molecular formula is C16H15N3O2. The molecule has 5 heteroatoms. The molecule has 3 rings (SSSR count). The summed E-state index contributed by atoms with van der Waals surface area (Å²) in [4.78, 5) is 26.6. The van der Waals surface area contributed by atoms with Gasteiger partial charge in [0.25, 0.3) is 5.91 Å². The number of carbonyl (C=O) groups excluding carboxylic acids is 1. The monoisotopic (exact) mass is 281 g/mol. The van der Waals surface area contributed by atoms with Crippen molar-refractivity contribution in [3.05, 3.63) is 70.6 Å². The molecule has 0 atom stereocenters. The number of fused-ring (bicyclic) bond motifs is 1. The number of aromatic amines is 1. The van der Waals surface area contributed by atoms with Crippen molar-refractivity contribution in [2.45, 2.75) is 6.54 Å². The molecule has 106 valence electrons. The van der Waals surface area contributed by atoms with Gasteiger partial charge in [0.15, 0.2) is 0 Å². The van der Waals surface area contributed by atoms with E-state index in [9.17, 15) is 9.59 Å². The number of imidazole rings is 1. The molecule has 1 amide bonds. The fraction of sp³-hybridized carbons (Fsp3) is 0.125. The van der Waals surface area contributed by atoms with Crippen LogP contribution in [0.15, 0.2) is 59.4 Å². The van der Waals surface area contributed by atoms with E-state index in [2.05, 4.69) is 10.3 Å². The molecule has 0 aliphatic heterocycles. The Bertz CT molecular complexity index is 818. The van der Waals surface area contributed by atoms with Crippen LogP contribution < -0.4 is 11.0 Å². The van der Waals surface area contributed by atoms with E-state index in [4.69, 9.17) is 0 Å². The van der Waals surface area contributed by atoms with Gasteiger partial charge in [-0.05, 0) is 24.3 Å². The number of rotatable bonds is 4. The minimum Gasteiger partial charge on any atom is -0.350 e. The Morgan fingerprint density at radius 2 is 1.76 bits per heavy atom. The first kappa shape index (κ1) is 13.2. The molecule has 3 aromatic rings. The van der Waals surface area contributed by atoms with Gasteiger partial charge in [0.1, 0.15) is 0 Å². The largest absolute Gasteiger partial charge is 0.350 e. The van der Waals surface area contributed by atoms with Crippen LogP contribution >= 0.6 is 0 Å². The van der Waals surface area contributed by atoms with Crippen LogP contribution in [0.3, 0.4) is 0 Å². The van der Waals surface area contributed by atoms with E-state index in [-0.39, 0.29) is 11.6 Å². The average Bonchev–Trinajstić information content (AvgIpc) is 2.84.